The number of amides is 1. The lowest BCUT2D eigenvalue weighted by atomic mass is 10.2. The summed E-state index contributed by atoms with van der Waals surface area (Å²) < 4.78 is 18.1. The average Bonchev–Trinajstić information content (AvgIpc) is 2.78. The smallest absolute Gasteiger partial charge is 0.277 e. The van der Waals surface area contributed by atoms with Gasteiger partial charge in [-0.15, -0.1) is 0 Å². The minimum Gasteiger partial charge on any atom is -0.493 e. The molecule has 0 saturated carbocycles. The monoisotopic (exact) mass is 546 g/mol. The van der Waals surface area contributed by atoms with Crippen LogP contribution in [0.4, 0.5) is 0 Å². The predicted molar refractivity (Wildman–Crippen MR) is 127 cm³/mol. The molecule has 0 fully saturated rings. The van der Waals surface area contributed by atoms with E-state index < -0.39 is 5.91 Å². The summed E-state index contributed by atoms with van der Waals surface area (Å²) >= 11 is 6.77. The minimum absolute atomic E-state index is 0.208. The number of carbonyl (C=O) groups excluding carboxylic acids is 1. The fourth-order valence-corrected chi connectivity index (χ4v) is 3.87. The van der Waals surface area contributed by atoms with Crippen LogP contribution in [-0.4, -0.2) is 25.8 Å². The van der Waals surface area contributed by atoms with Crippen LogP contribution in [0.25, 0.3) is 0 Å². The lowest BCUT2D eigenvalue weighted by molar-refractivity contribution is -0.123. The molecule has 3 aromatic carbocycles. The van der Waals surface area contributed by atoms with E-state index in [1.54, 1.807) is 18.3 Å². The van der Waals surface area contributed by atoms with E-state index >= 15 is 0 Å². The van der Waals surface area contributed by atoms with Crippen molar-refractivity contribution in [2.24, 2.45) is 5.10 Å². The fourth-order valence-electron chi connectivity index (χ4n) is 2.57. The molecule has 1 amide bonds. The molecule has 31 heavy (non-hydrogen) atoms. The maximum atomic E-state index is 12.0. The third-order valence-electron chi connectivity index (χ3n) is 4.07. The average molecular weight is 548 g/mol. The van der Waals surface area contributed by atoms with Gasteiger partial charge in [-0.05, 0) is 63.5 Å². The topological polar surface area (TPSA) is 69.2 Å². The highest BCUT2D eigenvalue weighted by molar-refractivity contribution is 9.11. The molecule has 0 saturated heterocycles. The van der Waals surface area contributed by atoms with Crippen LogP contribution in [-0.2, 0) is 11.4 Å². The minimum atomic E-state index is -0.393. The molecule has 6 nitrogen and oxygen atoms in total. The fraction of sp³-hybridized carbons (Fsp3) is 0.130. The number of hydrogen-bond acceptors (Lipinski definition) is 5. The standard InChI is InChI=1S/C23H20Br2N2O4/c1-29-21-12-18(24)11-20(25)23(21)31-15-22(28)27-26-13-16-7-9-19(10-8-16)30-14-17-5-3-2-4-6-17/h2-13H,14-15H2,1H3,(H,27,28)/b26-13+. The van der Waals surface area contributed by atoms with E-state index in [4.69, 9.17) is 14.2 Å². The van der Waals surface area contributed by atoms with Crippen molar-refractivity contribution in [3.8, 4) is 17.2 Å². The number of halogens is 2. The Bertz CT molecular complexity index is 1040. The molecule has 1 N–H and O–H groups in total. The first-order valence-electron chi connectivity index (χ1n) is 9.29. The number of hydrazone groups is 1. The molecule has 0 unspecified atom stereocenters. The first kappa shape index (κ1) is 22.8. The lowest BCUT2D eigenvalue weighted by Crippen LogP contribution is -2.24. The third kappa shape index (κ3) is 7.11. The molecule has 0 atom stereocenters. The van der Waals surface area contributed by atoms with E-state index in [1.807, 2.05) is 54.6 Å². The molecule has 0 radical (unpaired) electrons. The second-order valence-corrected chi connectivity index (χ2v) is 8.11. The maximum Gasteiger partial charge on any atom is 0.277 e. The number of carbonyl (C=O) groups is 1. The van der Waals surface area contributed by atoms with Gasteiger partial charge in [0, 0.05) is 4.47 Å². The molecule has 3 aromatic rings. The molecule has 0 aliphatic carbocycles. The highest BCUT2D eigenvalue weighted by Gasteiger charge is 2.12. The van der Waals surface area contributed by atoms with Gasteiger partial charge in [-0.3, -0.25) is 4.79 Å². The van der Waals surface area contributed by atoms with Gasteiger partial charge in [-0.2, -0.15) is 5.10 Å². The van der Waals surface area contributed by atoms with Crippen molar-refractivity contribution in [3.05, 3.63) is 86.8 Å². The largest absolute Gasteiger partial charge is 0.493 e. The Morgan fingerprint density at radius 2 is 1.77 bits per heavy atom. The Morgan fingerprint density at radius 3 is 2.48 bits per heavy atom. The first-order chi connectivity index (χ1) is 15.0. The Labute approximate surface area is 197 Å². The van der Waals surface area contributed by atoms with E-state index in [9.17, 15) is 4.79 Å². The van der Waals surface area contributed by atoms with E-state index in [0.717, 1.165) is 21.3 Å². The van der Waals surface area contributed by atoms with E-state index in [2.05, 4.69) is 42.4 Å². The van der Waals surface area contributed by atoms with Crippen molar-refractivity contribution < 1.29 is 19.0 Å². The molecule has 0 aliphatic rings. The van der Waals surface area contributed by atoms with Gasteiger partial charge < -0.3 is 14.2 Å². The highest BCUT2D eigenvalue weighted by Crippen LogP contribution is 2.38. The van der Waals surface area contributed by atoms with Gasteiger partial charge in [0.25, 0.3) is 5.91 Å². The summed E-state index contributed by atoms with van der Waals surface area (Å²) in [4.78, 5) is 12.0. The second-order valence-electron chi connectivity index (χ2n) is 6.34. The highest BCUT2D eigenvalue weighted by atomic mass is 79.9. The van der Waals surface area contributed by atoms with Crippen LogP contribution in [0, 0.1) is 0 Å². The molecule has 0 heterocycles. The van der Waals surface area contributed by atoms with Crippen LogP contribution in [0.1, 0.15) is 11.1 Å². The van der Waals surface area contributed by atoms with Crippen molar-refractivity contribution in [1.29, 1.82) is 0 Å². The van der Waals surface area contributed by atoms with Gasteiger partial charge in [0.15, 0.2) is 18.1 Å². The number of hydrogen-bond donors (Lipinski definition) is 1. The number of nitrogens with zero attached hydrogens (tertiary/aromatic N) is 1. The van der Waals surface area contributed by atoms with Gasteiger partial charge in [0.1, 0.15) is 12.4 Å². The number of rotatable bonds is 9. The summed E-state index contributed by atoms with van der Waals surface area (Å²) in [6.45, 7) is 0.295. The Hall–Kier alpha value is -2.84. The van der Waals surface area contributed by atoms with Crippen LogP contribution in [0.15, 0.2) is 80.8 Å². The van der Waals surface area contributed by atoms with Gasteiger partial charge >= 0.3 is 0 Å². The molecule has 3 rings (SSSR count). The van der Waals surface area contributed by atoms with Crippen LogP contribution in [0.2, 0.25) is 0 Å². The van der Waals surface area contributed by atoms with E-state index in [0.29, 0.717) is 22.6 Å². The molecule has 8 heteroatoms. The zero-order chi connectivity index (χ0) is 22.1. The van der Waals surface area contributed by atoms with Crippen LogP contribution >= 0.6 is 31.9 Å². The Kier molecular flexibility index (Phi) is 8.49. The van der Waals surface area contributed by atoms with Crippen LogP contribution < -0.4 is 19.6 Å². The van der Waals surface area contributed by atoms with Crippen molar-refractivity contribution in [1.82, 2.24) is 5.43 Å². The SMILES string of the molecule is COc1cc(Br)cc(Br)c1OCC(=O)N/N=C/c1ccc(OCc2ccccc2)cc1. The Morgan fingerprint density at radius 1 is 1.03 bits per heavy atom. The number of ether oxygens (including phenoxy) is 3. The van der Waals surface area contributed by atoms with Crippen molar-refractivity contribution >= 4 is 44.0 Å². The second kappa shape index (κ2) is 11.5. The van der Waals surface area contributed by atoms with Crippen LogP contribution in [0.3, 0.4) is 0 Å². The first-order valence-corrected chi connectivity index (χ1v) is 10.9. The summed E-state index contributed by atoms with van der Waals surface area (Å²) in [5.74, 6) is 1.31. The molecule has 0 aromatic heterocycles. The number of nitrogens with one attached hydrogen (secondary N) is 1. The Balaban J connectivity index is 1.46. The van der Waals surface area contributed by atoms with E-state index in [1.165, 1.54) is 7.11 Å². The number of benzene rings is 3. The van der Waals surface area contributed by atoms with Gasteiger partial charge in [0.2, 0.25) is 0 Å². The zero-order valence-electron chi connectivity index (χ0n) is 16.7. The van der Waals surface area contributed by atoms with Crippen molar-refractivity contribution in [2.45, 2.75) is 6.61 Å². The molecule has 0 aliphatic heterocycles. The molecular formula is C23H20Br2N2O4. The summed E-state index contributed by atoms with van der Waals surface area (Å²) in [5.41, 5.74) is 4.37. The van der Waals surface area contributed by atoms with Crippen molar-refractivity contribution in [2.75, 3.05) is 13.7 Å². The molecule has 0 spiro atoms. The normalized spacial score (nSPS) is 10.7. The molecular weight excluding hydrogens is 528 g/mol. The van der Waals surface area contributed by atoms with Gasteiger partial charge in [-0.1, -0.05) is 46.3 Å². The molecule has 0 bridgehead atoms. The van der Waals surface area contributed by atoms with Crippen molar-refractivity contribution in [3.63, 3.8) is 0 Å². The summed E-state index contributed by atoms with van der Waals surface area (Å²) in [5, 5.41) is 3.96. The maximum absolute atomic E-state index is 12.0. The van der Waals surface area contributed by atoms with Gasteiger partial charge in [-0.25, -0.2) is 5.43 Å². The van der Waals surface area contributed by atoms with Gasteiger partial charge in [0.05, 0.1) is 17.8 Å². The summed E-state index contributed by atoms with van der Waals surface area (Å²) in [6, 6.07) is 20.9. The quantitative estimate of drug-likeness (QED) is 0.290. The lowest BCUT2D eigenvalue weighted by Gasteiger charge is -2.12. The third-order valence-corrected chi connectivity index (χ3v) is 5.12. The summed E-state index contributed by atoms with van der Waals surface area (Å²) in [7, 11) is 1.53. The van der Waals surface area contributed by atoms with E-state index in [-0.39, 0.29) is 6.61 Å². The number of methoxy groups -OCH3 is 1. The van der Waals surface area contributed by atoms with Crippen LogP contribution in [0.5, 0.6) is 17.2 Å². The zero-order valence-corrected chi connectivity index (χ0v) is 19.9. The molecule has 160 valence electrons. The summed E-state index contributed by atoms with van der Waals surface area (Å²) in [6.07, 6.45) is 1.55. The predicted octanol–water partition coefficient (Wildman–Crippen LogP) is 5.33.